The molecule has 1 atom stereocenters. The highest BCUT2D eigenvalue weighted by Crippen LogP contribution is 2.37. The van der Waals surface area contributed by atoms with Gasteiger partial charge in [-0.3, -0.25) is 4.79 Å². The van der Waals surface area contributed by atoms with Crippen LogP contribution in [0.4, 0.5) is 5.69 Å². The van der Waals surface area contributed by atoms with Crippen LogP contribution < -0.4 is 4.90 Å². The van der Waals surface area contributed by atoms with Crippen LogP contribution in [0, 0.1) is 16.7 Å². The first kappa shape index (κ1) is 14.3. The summed E-state index contributed by atoms with van der Waals surface area (Å²) in [4.78, 5) is 17.7. The lowest BCUT2D eigenvalue weighted by Gasteiger charge is -2.41. The van der Waals surface area contributed by atoms with E-state index >= 15 is 0 Å². The number of aromatic nitrogens is 1. The quantitative estimate of drug-likeness (QED) is 0.911. The van der Waals surface area contributed by atoms with Crippen LogP contribution in [-0.4, -0.2) is 29.1 Å². The molecule has 0 radical (unpaired) electrons. The second-order valence-electron chi connectivity index (χ2n) is 5.34. The van der Waals surface area contributed by atoms with E-state index in [1.807, 2.05) is 17.9 Å². The van der Waals surface area contributed by atoms with Crippen LogP contribution in [0.25, 0.3) is 0 Å². The summed E-state index contributed by atoms with van der Waals surface area (Å²) in [6.07, 6.45) is 4.63. The van der Waals surface area contributed by atoms with Crippen LogP contribution in [0.2, 0.25) is 0 Å². The SMILES string of the molecule is CCCC1(C(=O)O)CCCN(c2cccnc2C#N)C1. The Labute approximate surface area is 118 Å². The van der Waals surface area contributed by atoms with Crippen molar-refractivity contribution in [1.82, 2.24) is 4.98 Å². The lowest BCUT2D eigenvalue weighted by molar-refractivity contribution is -0.150. The van der Waals surface area contributed by atoms with Gasteiger partial charge in [-0.1, -0.05) is 13.3 Å². The van der Waals surface area contributed by atoms with E-state index in [9.17, 15) is 9.90 Å². The van der Waals surface area contributed by atoms with E-state index in [-0.39, 0.29) is 0 Å². The average molecular weight is 273 g/mol. The van der Waals surface area contributed by atoms with Gasteiger partial charge in [0.05, 0.1) is 11.1 Å². The largest absolute Gasteiger partial charge is 0.481 e. The number of hydrogen-bond acceptors (Lipinski definition) is 4. The van der Waals surface area contributed by atoms with Crippen LogP contribution >= 0.6 is 0 Å². The van der Waals surface area contributed by atoms with Crippen molar-refractivity contribution in [2.45, 2.75) is 32.6 Å². The maximum absolute atomic E-state index is 11.7. The van der Waals surface area contributed by atoms with Gasteiger partial charge in [0.15, 0.2) is 5.69 Å². The van der Waals surface area contributed by atoms with E-state index < -0.39 is 11.4 Å². The molecule has 2 heterocycles. The van der Waals surface area contributed by atoms with Crippen molar-refractivity contribution in [1.29, 1.82) is 5.26 Å². The van der Waals surface area contributed by atoms with Crippen molar-refractivity contribution in [2.75, 3.05) is 18.0 Å². The summed E-state index contributed by atoms with van der Waals surface area (Å²) in [6.45, 7) is 3.24. The van der Waals surface area contributed by atoms with Crippen molar-refractivity contribution in [2.24, 2.45) is 5.41 Å². The molecular formula is C15H19N3O2. The molecule has 1 aromatic rings. The van der Waals surface area contributed by atoms with Crippen molar-refractivity contribution in [3.8, 4) is 6.07 Å². The van der Waals surface area contributed by atoms with E-state index in [4.69, 9.17) is 5.26 Å². The van der Waals surface area contributed by atoms with Gasteiger partial charge in [-0.05, 0) is 31.4 Å². The van der Waals surface area contributed by atoms with Crippen LogP contribution in [0.15, 0.2) is 18.3 Å². The normalized spacial score (nSPS) is 22.3. The minimum absolute atomic E-state index is 0.366. The summed E-state index contributed by atoms with van der Waals surface area (Å²) in [7, 11) is 0. The Kier molecular flexibility index (Phi) is 4.23. The first-order valence-corrected chi connectivity index (χ1v) is 6.96. The smallest absolute Gasteiger partial charge is 0.311 e. The zero-order chi connectivity index (χ0) is 14.6. The Morgan fingerprint density at radius 1 is 1.65 bits per heavy atom. The third-order valence-electron chi connectivity index (χ3n) is 3.99. The van der Waals surface area contributed by atoms with Gasteiger partial charge in [0.1, 0.15) is 6.07 Å². The van der Waals surface area contributed by atoms with E-state index in [2.05, 4.69) is 11.1 Å². The van der Waals surface area contributed by atoms with Crippen molar-refractivity contribution in [3.63, 3.8) is 0 Å². The number of nitriles is 1. The molecule has 0 saturated carbocycles. The number of piperidine rings is 1. The van der Waals surface area contributed by atoms with Gasteiger partial charge in [0, 0.05) is 19.3 Å². The zero-order valence-corrected chi connectivity index (χ0v) is 11.7. The second-order valence-corrected chi connectivity index (χ2v) is 5.34. The molecular weight excluding hydrogens is 254 g/mol. The fraction of sp³-hybridized carbons (Fsp3) is 0.533. The molecule has 1 aromatic heterocycles. The van der Waals surface area contributed by atoms with Gasteiger partial charge < -0.3 is 10.0 Å². The number of carboxylic acid groups (broad SMARTS) is 1. The molecule has 0 spiro atoms. The third-order valence-corrected chi connectivity index (χ3v) is 3.99. The molecule has 1 aliphatic heterocycles. The second kappa shape index (κ2) is 5.91. The van der Waals surface area contributed by atoms with Gasteiger partial charge in [-0.2, -0.15) is 5.26 Å². The van der Waals surface area contributed by atoms with Gasteiger partial charge in [-0.25, -0.2) is 4.98 Å². The molecule has 1 fully saturated rings. The predicted octanol–water partition coefficient (Wildman–Crippen LogP) is 2.42. The highest BCUT2D eigenvalue weighted by molar-refractivity contribution is 5.76. The van der Waals surface area contributed by atoms with Crippen LogP contribution in [-0.2, 0) is 4.79 Å². The van der Waals surface area contributed by atoms with Crippen LogP contribution in [0.3, 0.4) is 0 Å². The number of pyridine rings is 1. The Hall–Kier alpha value is -2.09. The number of nitrogens with zero attached hydrogens (tertiary/aromatic N) is 3. The van der Waals surface area contributed by atoms with E-state index in [0.29, 0.717) is 25.1 Å². The Bertz CT molecular complexity index is 534. The molecule has 1 N–H and O–H groups in total. The fourth-order valence-corrected chi connectivity index (χ4v) is 3.04. The molecule has 0 aromatic carbocycles. The van der Waals surface area contributed by atoms with Gasteiger partial charge in [0.2, 0.25) is 0 Å². The fourth-order valence-electron chi connectivity index (χ4n) is 3.04. The summed E-state index contributed by atoms with van der Waals surface area (Å²) in [5, 5.41) is 18.7. The molecule has 5 heteroatoms. The molecule has 1 aliphatic rings. The van der Waals surface area contributed by atoms with Gasteiger partial charge in [0.25, 0.3) is 0 Å². The van der Waals surface area contributed by atoms with Crippen LogP contribution in [0.5, 0.6) is 0 Å². The average Bonchev–Trinajstić information content (AvgIpc) is 2.47. The lowest BCUT2D eigenvalue weighted by atomic mass is 9.76. The van der Waals surface area contributed by atoms with Gasteiger partial charge in [-0.15, -0.1) is 0 Å². The molecule has 106 valence electrons. The highest BCUT2D eigenvalue weighted by atomic mass is 16.4. The summed E-state index contributed by atoms with van der Waals surface area (Å²) >= 11 is 0. The third kappa shape index (κ3) is 2.60. The molecule has 1 unspecified atom stereocenters. The summed E-state index contributed by atoms with van der Waals surface area (Å²) < 4.78 is 0. The maximum Gasteiger partial charge on any atom is 0.311 e. The molecule has 5 nitrogen and oxygen atoms in total. The molecule has 20 heavy (non-hydrogen) atoms. The number of carbonyl (C=O) groups is 1. The first-order valence-electron chi connectivity index (χ1n) is 6.96. The monoisotopic (exact) mass is 273 g/mol. The number of hydrogen-bond donors (Lipinski definition) is 1. The van der Waals surface area contributed by atoms with E-state index in [1.54, 1.807) is 12.3 Å². The van der Waals surface area contributed by atoms with Crippen molar-refractivity contribution in [3.05, 3.63) is 24.0 Å². The Morgan fingerprint density at radius 3 is 3.10 bits per heavy atom. The molecule has 0 aliphatic carbocycles. The van der Waals surface area contributed by atoms with Crippen molar-refractivity contribution >= 4 is 11.7 Å². The molecule has 0 amide bonds. The lowest BCUT2D eigenvalue weighted by Crippen LogP contribution is -2.48. The number of aliphatic carboxylic acids is 1. The Morgan fingerprint density at radius 2 is 2.45 bits per heavy atom. The number of anilines is 1. The van der Waals surface area contributed by atoms with Crippen LogP contribution in [0.1, 0.15) is 38.3 Å². The molecule has 1 saturated heterocycles. The van der Waals surface area contributed by atoms with Crippen molar-refractivity contribution < 1.29 is 9.90 Å². The highest BCUT2D eigenvalue weighted by Gasteiger charge is 2.42. The summed E-state index contributed by atoms with van der Waals surface area (Å²) in [5.74, 6) is -0.730. The van der Waals surface area contributed by atoms with Gasteiger partial charge >= 0.3 is 5.97 Å². The predicted molar refractivity (Wildman–Crippen MR) is 75.4 cm³/mol. The summed E-state index contributed by atoms with van der Waals surface area (Å²) in [5.41, 5.74) is 0.414. The number of rotatable bonds is 4. The standard InChI is InChI=1S/C15H19N3O2/c1-2-6-15(14(19)20)7-4-9-18(11-15)13-5-3-8-17-12(13)10-16/h3,5,8H,2,4,6-7,9,11H2,1H3,(H,19,20). The Balaban J connectivity index is 2.30. The topological polar surface area (TPSA) is 77.2 Å². The molecule has 2 rings (SSSR count). The van der Waals surface area contributed by atoms with E-state index in [0.717, 1.165) is 25.1 Å². The minimum Gasteiger partial charge on any atom is -0.481 e. The molecule has 0 bridgehead atoms. The summed E-state index contributed by atoms with van der Waals surface area (Å²) in [6, 6.07) is 5.71. The maximum atomic E-state index is 11.7. The zero-order valence-electron chi connectivity index (χ0n) is 11.7. The minimum atomic E-state index is -0.730. The van der Waals surface area contributed by atoms with E-state index in [1.165, 1.54) is 0 Å². The number of carboxylic acids is 1. The first-order chi connectivity index (χ1) is 9.63.